The minimum atomic E-state index is -0.664. The van der Waals surface area contributed by atoms with E-state index in [1.54, 1.807) is 20.4 Å². The molecule has 1 aliphatic rings. The summed E-state index contributed by atoms with van der Waals surface area (Å²) in [5, 5.41) is 2.85. The molecule has 0 aliphatic carbocycles. The predicted octanol–water partition coefficient (Wildman–Crippen LogP) is 3.51. The fraction of sp³-hybridized carbons (Fsp3) is 0.296. The number of nitrogens with zero attached hydrogens (tertiary/aromatic N) is 2. The second kappa shape index (κ2) is 9.86. The van der Waals surface area contributed by atoms with Crippen molar-refractivity contribution in [3.8, 4) is 16.9 Å². The molecule has 6 heteroatoms. The van der Waals surface area contributed by atoms with Crippen LogP contribution in [-0.4, -0.2) is 48.9 Å². The van der Waals surface area contributed by atoms with E-state index in [4.69, 9.17) is 4.74 Å². The van der Waals surface area contributed by atoms with Gasteiger partial charge in [0.25, 0.3) is 0 Å². The van der Waals surface area contributed by atoms with Crippen LogP contribution in [-0.2, 0) is 22.4 Å². The molecule has 0 spiro atoms. The van der Waals surface area contributed by atoms with Gasteiger partial charge in [-0.15, -0.1) is 0 Å². The number of benzene rings is 2. The molecule has 3 aromatic rings. The third-order valence-electron chi connectivity index (χ3n) is 6.45. The summed E-state index contributed by atoms with van der Waals surface area (Å²) in [5.74, 6) is 0.771. The van der Waals surface area contributed by atoms with Gasteiger partial charge in [0, 0.05) is 38.1 Å². The van der Waals surface area contributed by atoms with Crippen molar-refractivity contribution in [3.63, 3.8) is 0 Å². The maximum absolute atomic E-state index is 13.1. The first kappa shape index (κ1) is 22.5. The number of ether oxygens (including phenoxy) is 1. The van der Waals surface area contributed by atoms with Crippen molar-refractivity contribution in [2.24, 2.45) is 5.41 Å². The number of carbonyl (C=O) groups is 2. The van der Waals surface area contributed by atoms with E-state index in [0.29, 0.717) is 32.4 Å². The normalized spacial score (nSPS) is 17.6. The van der Waals surface area contributed by atoms with Gasteiger partial charge in [0.05, 0.1) is 18.9 Å². The Morgan fingerprint density at radius 1 is 1.09 bits per heavy atom. The van der Waals surface area contributed by atoms with E-state index in [9.17, 15) is 9.59 Å². The van der Waals surface area contributed by atoms with Gasteiger partial charge in [-0.1, -0.05) is 42.5 Å². The number of rotatable bonds is 7. The van der Waals surface area contributed by atoms with Crippen molar-refractivity contribution in [1.29, 1.82) is 0 Å². The van der Waals surface area contributed by atoms with Crippen LogP contribution in [0.1, 0.15) is 17.5 Å². The van der Waals surface area contributed by atoms with Crippen LogP contribution >= 0.6 is 0 Å². The van der Waals surface area contributed by atoms with Crippen molar-refractivity contribution in [2.45, 2.75) is 19.3 Å². The molecule has 1 aromatic heterocycles. The SMILES string of the molecule is CNC(=O)[C@@]1(Cc2ccccc2-c2cccnc2)CCN(C(=O)Cc2ccc(OC)cc2)C1. The quantitative estimate of drug-likeness (QED) is 0.607. The Morgan fingerprint density at radius 2 is 1.88 bits per heavy atom. The first-order valence-corrected chi connectivity index (χ1v) is 11.2. The summed E-state index contributed by atoms with van der Waals surface area (Å²) in [6.45, 7) is 0.973. The summed E-state index contributed by atoms with van der Waals surface area (Å²) < 4.78 is 5.19. The highest BCUT2D eigenvalue weighted by atomic mass is 16.5. The standard InChI is InChI=1S/C27H29N3O3/c1-28-26(32)27(17-21-6-3-4-8-24(21)22-7-5-14-29-18-22)13-15-30(19-27)25(31)16-20-9-11-23(33-2)12-10-20/h3-12,14,18H,13,15-17,19H2,1-2H3,(H,28,32)/t27-/m1/s1. The van der Waals surface area contributed by atoms with Gasteiger partial charge < -0.3 is 15.0 Å². The second-order valence-corrected chi connectivity index (χ2v) is 8.53. The number of pyridine rings is 1. The van der Waals surface area contributed by atoms with Gasteiger partial charge in [-0.3, -0.25) is 14.6 Å². The Kier molecular flexibility index (Phi) is 6.73. The molecule has 1 N–H and O–H groups in total. The molecule has 1 aliphatic heterocycles. The molecule has 1 fully saturated rings. The summed E-state index contributed by atoms with van der Waals surface area (Å²) in [6, 6.07) is 19.6. The summed E-state index contributed by atoms with van der Waals surface area (Å²) >= 11 is 0. The molecule has 0 saturated carbocycles. The lowest BCUT2D eigenvalue weighted by Crippen LogP contribution is -2.44. The van der Waals surface area contributed by atoms with Crippen LogP contribution < -0.4 is 10.1 Å². The molecule has 1 saturated heterocycles. The summed E-state index contributed by atoms with van der Waals surface area (Å²) in [4.78, 5) is 32.2. The molecule has 0 unspecified atom stereocenters. The van der Waals surface area contributed by atoms with Crippen LogP contribution in [0.2, 0.25) is 0 Å². The zero-order valence-corrected chi connectivity index (χ0v) is 19.1. The molecule has 6 nitrogen and oxygen atoms in total. The average molecular weight is 444 g/mol. The number of hydrogen-bond donors (Lipinski definition) is 1. The van der Waals surface area contributed by atoms with Crippen molar-refractivity contribution < 1.29 is 14.3 Å². The lowest BCUT2D eigenvalue weighted by Gasteiger charge is -2.28. The molecule has 0 radical (unpaired) electrons. The highest BCUT2D eigenvalue weighted by Crippen LogP contribution is 2.37. The molecule has 2 amide bonds. The number of likely N-dealkylation sites (tertiary alicyclic amines) is 1. The van der Waals surface area contributed by atoms with Crippen LogP contribution in [0.4, 0.5) is 0 Å². The zero-order valence-electron chi connectivity index (χ0n) is 19.1. The highest BCUT2D eigenvalue weighted by Gasteiger charge is 2.45. The minimum absolute atomic E-state index is 0.0248. The first-order chi connectivity index (χ1) is 16.0. The number of nitrogens with one attached hydrogen (secondary N) is 1. The minimum Gasteiger partial charge on any atom is -0.497 e. The van der Waals surface area contributed by atoms with Crippen LogP contribution in [0.25, 0.3) is 11.1 Å². The largest absolute Gasteiger partial charge is 0.497 e. The van der Waals surface area contributed by atoms with E-state index in [1.807, 2.05) is 59.6 Å². The molecule has 4 rings (SSSR count). The van der Waals surface area contributed by atoms with Gasteiger partial charge in [0.2, 0.25) is 11.8 Å². The molecule has 2 heterocycles. The van der Waals surface area contributed by atoms with Crippen LogP contribution in [0.15, 0.2) is 73.1 Å². The molecule has 0 bridgehead atoms. The zero-order chi connectivity index (χ0) is 23.3. The molecular formula is C27H29N3O3. The van der Waals surface area contributed by atoms with E-state index in [2.05, 4.69) is 22.4 Å². The third kappa shape index (κ3) is 4.90. The van der Waals surface area contributed by atoms with Crippen molar-refractivity contribution >= 4 is 11.8 Å². The molecule has 1 atom stereocenters. The van der Waals surface area contributed by atoms with E-state index >= 15 is 0 Å². The van der Waals surface area contributed by atoms with Crippen LogP contribution in [0.3, 0.4) is 0 Å². The molecular weight excluding hydrogens is 414 g/mol. The fourth-order valence-corrected chi connectivity index (χ4v) is 4.63. The topological polar surface area (TPSA) is 71.5 Å². The maximum atomic E-state index is 13.1. The lowest BCUT2D eigenvalue weighted by atomic mass is 9.78. The van der Waals surface area contributed by atoms with Gasteiger partial charge in [-0.25, -0.2) is 0 Å². The second-order valence-electron chi connectivity index (χ2n) is 8.53. The highest BCUT2D eigenvalue weighted by molar-refractivity contribution is 5.86. The van der Waals surface area contributed by atoms with Gasteiger partial charge in [-0.05, 0) is 47.7 Å². The predicted molar refractivity (Wildman–Crippen MR) is 128 cm³/mol. The van der Waals surface area contributed by atoms with Crippen molar-refractivity contribution in [3.05, 3.63) is 84.2 Å². The molecule has 2 aromatic carbocycles. The Balaban J connectivity index is 1.55. The number of amides is 2. The first-order valence-electron chi connectivity index (χ1n) is 11.2. The number of hydrogen-bond acceptors (Lipinski definition) is 4. The Labute approximate surface area is 194 Å². The molecule has 33 heavy (non-hydrogen) atoms. The van der Waals surface area contributed by atoms with Crippen LogP contribution in [0.5, 0.6) is 5.75 Å². The van der Waals surface area contributed by atoms with Gasteiger partial charge in [0.15, 0.2) is 0 Å². The Bertz CT molecular complexity index is 1110. The number of carbonyl (C=O) groups excluding carboxylic acids is 2. The van der Waals surface area contributed by atoms with Crippen LogP contribution in [0, 0.1) is 5.41 Å². The fourth-order valence-electron chi connectivity index (χ4n) is 4.63. The summed E-state index contributed by atoms with van der Waals surface area (Å²) in [6.07, 6.45) is 5.08. The average Bonchev–Trinajstić information content (AvgIpc) is 3.30. The monoisotopic (exact) mass is 443 g/mol. The number of methoxy groups -OCH3 is 1. The summed E-state index contributed by atoms with van der Waals surface area (Å²) in [5.41, 5.74) is 3.43. The van der Waals surface area contributed by atoms with E-state index in [1.165, 1.54) is 0 Å². The van der Waals surface area contributed by atoms with Gasteiger partial charge in [-0.2, -0.15) is 0 Å². The van der Waals surface area contributed by atoms with Crippen molar-refractivity contribution in [1.82, 2.24) is 15.2 Å². The number of aromatic nitrogens is 1. The lowest BCUT2D eigenvalue weighted by molar-refractivity contribution is -0.132. The van der Waals surface area contributed by atoms with Gasteiger partial charge >= 0.3 is 0 Å². The smallest absolute Gasteiger partial charge is 0.228 e. The third-order valence-corrected chi connectivity index (χ3v) is 6.45. The van der Waals surface area contributed by atoms with E-state index in [0.717, 1.165) is 28.0 Å². The summed E-state index contributed by atoms with van der Waals surface area (Å²) in [7, 11) is 3.29. The van der Waals surface area contributed by atoms with Crippen molar-refractivity contribution in [2.75, 3.05) is 27.2 Å². The molecule has 170 valence electrons. The maximum Gasteiger partial charge on any atom is 0.228 e. The Hall–Kier alpha value is -3.67. The van der Waals surface area contributed by atoms with Gasteiger partial charge in [0.1, 0.15) is 5.75 Å². The van der Waals surface area contributed by atoms with E-state index < -0.39 is 5.41 Å². The van der Waals surface area contributed by atoms with E-state index in [-0.39, 0.29) is 11.8 Å². The Morgan fingerprint density at radius 3 is 2.58 bits per heavy atom.